The number of carbonyl (C=O) groups is 1. The minimum absolute atomic E-state index is 0.0961. The average Bonchev–Trinajstić information content (AvgIpc) is 3.15. The van der Waals surface area contributed by atoms with Crippen molar-refractivity contribution in [2.24, 2.45) is 0 Å². The van der Waals surface area contributed by atoms with Gasteiger partial charge in [0.05, 0.1) is 16.8 Å². The highest BCUT2D eigenvalue weighted by molar-refractivity contribution is 6.30. The number of halogens is 1. The molecule has 0 unspecified atom stereocenters. The minimum atomic E-state index is -0.0961. The first-order chi connectivity index (χ1) is 14.1. The van der Waals surface area contributed by atoms with Crippen molar-refractivity contribution in [3.63, 3.8) is 0 Å². The van der Waals surface area contributed by atoms with Gasteiger partial charge in [-0.15, -0.1) is 0 Å². The number of hydrogen-bond donors (Lipinski definition) is 1. The van der Waals surface area contributed by atoms with Crippen molar-refractivity contribution in [2.45, 2.75) is 19.9 Å². The van der Waals surface area contributed by atoms with E-state index in [9.17, 15) is 4.79 Å². The van der Waals surface area contributed by atoms with Crippen molar-refractivity contribution >= 4 is 28.4 Å². The van der Waals surface area contributed by atoms with Crippen LogP contribution in [0.15, 0.2) is 67.0 Å². The van der Waals surface area contributed by atoms with Gasteiger partial charge in [0.1, 0.15) is 5.82 Å². The largest absolute Gasteiger partial charge is 0.352 e. The molecule has 29 heavy (non-hydrogen) atoms. The van der Waals surface area contributed by atoms with Gasteiger partial charge in [-0.3, -0.25) is 4.79 Å². The minimum Gasteiger partial charge on any atom is -0.352 e. The van der Waals surface area contributed by atoms with Crippen molar-refractivity contribution in [1.29, 1.82) is 0 Å². The molecule has 146 valence electrons. The monoisotopic (exact) mass is 404 g/mol. The van der Waals surface area contributed by atoms with Crippen LogP contribution >= 0.6 is 11.6 Å². The third-order valence-corrected chi connectivity index (χ3v) is 5.14. The third kappa shape index (κ3) is 4.30. The molecule has 1 amide bonds. The zero-order valence-corrected chi connectivity index (χ0v) is 16.9. The number of carbonyl (C=O) groups excluding carboxylic acids is 1. The fraction of sp³-hybridized carbons (Fsp3) is 0.174. The zero-order valence-electron chi connectivity index (χ0n) is 16.1. The Morgan fingerprint density at radius 2 is 1.93 bits per heavy atom. The number of nitrogens with one attached hydrogen (secondary N) is 1. The summed E-state index contributed by atoms with van der Waals surface area (Å²) < 4.78 is 2.08. The summed E-state index contributed by atoms with van der Waals surface area (Å²) in [5.74, 6) is 0.880. The van der Waals surface area contributed by atoms with Crippen molar-refractivity contribution in [3.05, 3.63) is 83.4 Å². The van der Waals surface area contributed by atoms with Crippen LogP contribution in [-0.2, 0) is 6.54 Å². The summed E-state index contributed by atoms with van der Waals surface area (Å²) in [5, 5.41) is 4.55. The Bertz CT molecular complexity index is 1150. The summed E-state index contributed by atoms with van der Waals surface area (Å²) in [5.41, 5.74) is 3.09. The molecule has 0 aliphatic rings. The second-order valence-corrected chi connectivity index (χ2v) is 7.29. The molecule has 5 nitrogen and oxygen atoms in total. The Morgan fingerprint density at radius 3 is 2.69 bits per heavy atom. The third-order valence-electron chi connectivity index (χ3n) is 4.89. The standard InChI is InChI=1S/C23H21ClN4O/c1-16-25-12-14-28(16)13-4-11-26-23(29)20-15-22(17-7-9-18(24)10-8-17)27-21-6-3-2-5-19(20)21/h2-3,5-10,12,14-15H,4,11,13H2,1H3,(H,26,29). The Morgan fingerprint density at radius 1 is 1.14 bits per heavy atom. The van der Waals surface area contributed by atoms with E-state index in [1.165, 1.54) is 0 Å². The van der Waals surface area contributed by atoms with Crippen LogP contribution < -0.4 is 5.32 Å². The number of rotatable bonds is 6. The van der Waals surface area contributed by atoms with E-state index in [0.717, 1.165) is 41.0 Å². The highest BCUT2D eigenvalue weighted by Gasteiger charge is 2.13. The maximum Gasteiger partial charge on any atom is 0.252 e. The molecule has 1 N–H and O–H groups in total. The molecule has 2 heterocycles. The Labute approximate surface area is 174 Å². The number of imidazole rings is 1. The highest BCUT2D eigenvalue weighted by atomic mass is 35.5. The van der Waals surface area contributed by atoms with Gasteiger partial charge >= 0.3 is 0 Å². The summed E-state index contributed by atoms with van der Waals surface area (Å²) in [7, 11) is 0. The van der Waals surface area contributed by atoms with E-state index in [0.29, 0.717) is 17.1 Å². The topological polar surface area (TPSA) is 59.8 Å². The van der Waals surface area contributed by atoms with Gasteiger partial charge in [-0.2, -0.15) is 0 Å². The SMILES string of the molecule is Cc1nccn1CCCNC(=O)c1cc(-c2ccc(Cl)cc2)nc2ccccc12. The summed E-state index contributed by atoms with van der Waals surface area (Å²) in [6.45, 7) is 3.38. The van der Waals surface area contributed by atoms with Crippen LogP contribution in [-0.4, -0.2) is 27.0 Å². The fourth-order valence-corrected chi connectivity index (χ4v) is 3.44. The summed E-state index contributed by atoms with van der Waals surface area (Å²) >= 11 is 6.00. The van der Waals surface area contributed by atoms with Gasteiger partial charge in [-0.1, -0.05) is 41.9 Å². The quantitative estimate of drug-likeness (QED) is 0.466. The van der Waals surface area contributed by atoms with Gasteiger partial charge in [0.25, 0.3) is 5.91 Å². The highest BCUT2D eigenvalue weighted by Crippen LogP contribution is 2.26. The maximum absolute atomic E-state index is 12.9. The Hall–Kier alpha value is -3.18. The molecule has 2 aromatic heterocycles. The Kier molecular flexibility index (Phi) is 5.58. The molecule has 0 radical (unpaired) electrons. The normalized spacial score (nSPS) is 11.0. The molecule has 0 fully saturated rings. The van der Waals surface area contributed by atoms with Crippen LogP contribution in [0.5, 0.6) is 0 Å². The molecule has 4 rings (SSSR count). The number of hydrogen-bond acceptors (Lipinski definition) is 3. The molecule has 6 heteroatoms. The Balaban J connectivity index is 1.55. The van der Waals surface area contributed by atoms with E-state index in [4.69, 9.17) is 16.6 Å². The first-order valence-corrected chi connectivity index (χ1v) is 9.91. The molecule has 0 spiro atoms. The van der Waals surface area contributed by atoms with Gasteiger partial charge < -0.3 is 9.88 Å². The molecule has 2 aromatic carbocycles. The zero-order chi connectivity index (χ0) is 20.2. The van der Waals surface area contributed by atoms with E-state index in [1.807, 2.05) is 67.7 Å². The van der Waals surface area contributed by atoms with E-state index in [-0.39, 0.29) is 5.91 Å². The first-order valence-electron chi connectivity index (χ1n) is 9.53. The van der Waals surface area contributed by atoms with Crippen molar-refractivity contribution < 1.29 is 4.79 Å². The van der Waals surface area contributed by atoms with Gasteiger partial charge in [-0.25, -0.2) is 9.97 Å². The molecule has 0 aliphatic carbocycles. The van der Waals surface area contributed by atoms with Crippen molar-refractivity contribution in [2.75, 3.05) is 6.54 Å². The second-order valence-electron chi connectivity index (χ2n) is 6.86. The summed E-state index contributed by atoms with van der Waals surface area (Å²) in [4.78, 5) is 21.9. The maximum atomic E-state index is 12.9. The van der Waals surface area contributed by atoms with Gasteiger partial charge in [0.15, 0.2) is 0 Å². The lowest BCUT2D eigenvalue weighted by Crippen LogP contribution is -2.25. The number of benzene rings is 2. The predicted octanol–water partition coefficient (Wildman–Crippen LogP) is 4.88. The number of pyridine rings is 1. The summed E-state index contributed by atoms with van der Waals surface area (Å²) in [6.07, 6.45) is 4.57. The smallest absolute Gasteiger partial charge is 0.252 e. The van der Waals surface area contributed by atoms with Crippen LogP contribution in [0.25, 0.3) is 22.2 Å². The van der Waals surface area contributed by atoms with Gasteiger partial charge in [0.2, 0.25) is 0 Å². The van der Waals surface area contributed by atoms with Crippen LogP contribution in [0.2, 0.25) is 5.02 Å². The number of aromatic nitrogens is 3. The first kappa shape index (κ1) is 19.2. The van der Waals surface area contributed by atoms with Crippen LogP contribution in [0.4, 0.5) is 0 Å². The lowest BCUT2D eigenvalue weighted by molar-refractivity contribution is 0.0954. The van der Waals surface area contributed by atoms with Crippen LogP contribution in [0.1, 0.15) is 22.6 Å². The number of amides is 1. The van der Waals surface area contributed by atoms with Gasteiger partial charge in [-0.05, 0) is 37.6 Å². The molecule has 0 saturated carbocycles. The predicted molar refractivity (Wildman–Crippen MR) is 116 cm³/mol. The molecule has 0 saturated heterocycles. The van der Waals surface area contributed by atoms with E-state index < -0.39 is 0 Å². The molecule has 4 aromatic rings. The fourth-order valence-electron chi connectivity index (χ4n) is 3.32. The molecular weight excluding hydrogens is 384 g/mol. The lowest BCUT2D eigenvalue weighted by Gasteiger charge is -2.11. The average molecular weight is 405 g/mol. The van der Waals surface area contributed by atoms with E-state index >= 15 is 0 Å². The van der Waals surface area contributed by atoms with E-state index in [2.05, 4.69) is 14.9 Å². The molecular formula is C23H21ClN4O. The molecule has 0 aliphatic heterocycles. The number of fused-ring (bicyclic) bond motifs is 1. The van der Waals surface area contributed by atoms with Crippen molar-refractivity contribution in [1.82, 2.24) is 19.9 Å². The lowest BCUT2D eigenvalue weighted by atomic mass is 10.0. The number of aryl methyl sites for hydroxylation is 2. The molecule has 0 bridgehead atoms. The number of para-hydroxylation sites is 1. The summed E-state index contributed by atoms with van der Waals surface area (Å²) in [6, 6.07) is 17.0. The van der Waals surface area contributed by atoms with Crippen molar-refractivity contribution in [3.8, 4) is 11.3 Å². The van der Waals surface area contributed by atoms with Crippen LogP contribution in [0, 0.1) is 6.92 Å². The second kappa shape index (κ2) is 8.45. The van der Waals surface area contributed by atoms with E-state index in [1.54, 1.807) is 6.20 Å². The molecule has 0 atom stereocenters. The number of nitrogens with zero attached hydrogens (tertiary/aromatic N) is 3. The van der Waals surface area contributed by atoms with Crippen LogP contribution in [0.3, 0.4) is 0 Å². The van der Waals surface area contributed by atoms with Gasteiger partial charge in [0, 0.05) is 41.5 Å².